The van der Waals surface area contributed by atoms with Crippen LogP contribution in [-0.2, 0) is 4.79 Å². The Kier molecular flexibility index (Phi) is 8.42. The van der Waals surface area contributed by atoms with Gasteiger partial charge in [0.1, 0.15) is 5.75 Å². The SMILES string of the molecule is Cc1ccc(C)c(OCCCCC(=O)N2CCNC(C)C2)c1.Cl. The van der Waals surface area contributed by atoms with Gasteiger partial charge in [-0.05, 0) is 50.8 Å². The number of unbranched alkanes of at least 4 members (excludes halogenated alkanes) is 1. The molecule has 0 saturated carbocycles. The molecule has 1 saturated heterocycles. The number of ether oxygens (including phenoxy) is 1. The van der Waals surface area contributed by atoms with Crippen molar-refractivity contribution in [2.45, 2.75) is 46.1 Å². The highest BCUT2D eigenvalue weighted by Crippen LogP contribution is 2.19. The second-order valence-corrected chi connectivity index (χ2v) is 6.27. The Labute approximate surface area is 146 Å². The van der Waals surface area contributed by atoms with Gasteiger partial charge in [-0.3, -0.25) is 4.79 Å². The number of benzene rings is 1. The van der Waals surface area contributed by atoms with E-state index in [2.05, 4.69) is 44.3 Å². The molecule has 1 aliphatic heterocycles. The molecule has 23 heavy (non-hydrogen) atoms. The maximum absolute atomic E-state index is 12.1. The molecule has 0 bridgehead atoms. The first-order valence-electron chi connectivity index (χ1n) is 8.27. The normalized spacial score (nSPS) is 17.5. The third-order valence-electron chi connectivity index (χ3n) is 4.11. The van der Waals surface area contributed by atoms with Crippen LogP contribution in [0.1, 0.15) is 37.3 Å². The molecular formula is C18H29ClN2O2. The van der Waals surface area contributed by atoms with Crippen LogP contribution in [0.2, 0.25) is 0 Å². The van der Waals surface area contributed by atoms with Crippen molar-refractivity contribution in [2.75, 3.05) is 26.2 Å². The van der Waals surface area contributed by atoms with Gasteiger partial charge in [0.05, 0.1) is 6.61 Å². The van der Waals surface area contributed by atoms with E-state index in [0.29, 0.717) is 19.1 Å². The highest BCUT2D eigenvalue weighted by molar-refractivity contribution is 5.85. The van der Waals surface area contributed by atoms with E-state index in [1.165, 1.54) is 5.56 Å². The molecule has 2 rings (SSSR count). The van der Waals surface area contributed by atoms with Crippen molar-refractivity contribution in [3.63, 3.8) is 0 Å². The molecule has 1 aromatic rings. The fraction of sp³-hybridized carbons (Fsp3) is 0.611. The van der Waals surface area contributed by atoms with Gasteiger partial charge < -0.3 is 15.0 Å². The summed E-state index contributed by atoms with van der Waals surface area (Å²) < 4.78 is 5.83. The minimum Gasteiger partial charge on any atom is -0.493 e. The second kappa shape index (κ2) is 9.78. The minimum atomic E-state index is 0. The standard InChI is InChI=1S/C18H28N2O2.ClH/c1-14-7-8-15(2)17(12-14)22-11-5-4-6-18(21)20-10-9-19-16(3)13-20;/h7-8,12,16,19H,4-6,9-11,13H2,1-3H3;1H. The van der Waals surface area contributed by atoms with Crippen LogP contribution in [0, 0.1) is 13.8 Å². The third-order valence-corrected chi connectivity index (χ3v) is 4.11. The smallest absolute Gasteiger partial charge is 0.222 e. The molecule has 0 radical (unpaired) electrons. The third kappa shape index (κ3) is 6.40. The molecule has 1 aliphatic rings. The molecule has 5 heteroatoms. The number of nitrogens with zero attached hydrogens (tertiary/aromatic N) is 1. The van der Waals surface area contributed by atoms with Crippen LogP contribution < -0.4 is 10.1 Å². The molecule has 1 heterocycles. The van der Waals surface area contributed by atoms with Crippen molar-refractivity contribution in [1.29, 1.82) is 0 Å². The first kappa shape index (κ1) is 19.8. The van der Waals surface area contributed by atoms with Gasteiger partial charge >= 0.3 is 0 Å². The van der Waals surface area contributed by atoms with E-state index >= 15 is 0 Å². The second-order valence-electron chi connectivity index (χ2n) is 6.27. The highest BCUT2D eigenvalue weighted by atomic mass is 35.5. The Hall–Kier alpha value is -1.26. The van der Waals surface area contributed by atoms with Gasteiger partial charge in [0.25, 0.3) is 0 Å². The number of hydrogen-bond donors (Lipinski definition) is 1. The summed E-state index contributed by atoms with van der Waals surface area (Å²) in [5, 5.41) is 3.36. The number of piperazine rings is 1. The first-order chi connectivity index (χ1) is 10.6. The molecular weight excluding hydrogens is 312 g/mol. The fourth-order valence-electron chi connectivity index (χ4n) is 2.74. The lowest BCUT2D eigenvalue weighted by atomic mass is 10.1. The molecule has 0 aliphatic carbocycles. The Morgan fingerprint density at radius 3 is 2.87 bits per heavy atom. The van der Waals surface area contributed by atoms with Crippen molar-refractivity contribution in [3.8, 4) is 5.75 Å². The van der Waals surface area contributed by atoms with Gasteiger partial charge in [0, 0.05) is 32.1 Å². The molecule has 4 nitrogen and oxygen atoms in total. The Bertz CT molecular complexity index is 508. The van der Waals surface area contributed by atoms with E-state index in [1.807, 2.05) is 4.90 Å². The number of hydrogen-bond acceptors (Lipinski definition) is 3. The maximum atomic E-state index is 12.1. The van der Waals surface area contributed by atoms with Gasteiger partial charge in [0.15, 0.2) is 0 Å². The van der Waals surface area contributed by atoms with E-state index in [-0.39, 0.29) is 18.3 Å². The molecule has 1 amide bonds. The predicted octanol–water partition coefficient (Wildman–Crippen LogP) is 3.09. The number of rotatable bonds is 6. The summed E-state index contributed by atoms with van der Waals surface area (Å²) in [6, 6.07) is 6.66. The average Bonchev–Trinajstić information content (AvgIpc) is 2.50. The van der Waals surface area contributed by atoms with Crippen molar-refractivity contribution in [3.05, 3.63) is 29.3 Å². The van der Waals surface area contributed by atoms with Crippen LogP contribution in [0.25, 0.3) is 0 Å². The van der Waals surface area contributed by atoms with Gasteiger partial charge in [0.2, 0.25) is 5.91 Å². The van der Waals surface area contributed by atoms with Gasteiger partial charge in [-0.25, -0.2) is 0 Å². The van der Waals surface area contributed by atoms with Gasteiger partial charge in [-0.15, -0.1) is 12.4 Å². The van der Waals surface area contributed by atoms with Crippen molar-refractivity contribution in [1.82, 2.24) is 10.2 Å². The average molecular weight is 341 g/mol. The topological polar surface area (TPSA) is 41.6 Å². The highest BCUT2D eigenvalue weighted by Gasteiger charge is 2.19. The van der Waals surface area contributed by atoms with E-state index in [4.69, 9.17) is 4.74 Å². The lowest BCUT2D eigenvalue weighted by Gasteiger charge is -2.32. The quantitative estimate of drug-likeness (QED) is 0.809. The summed E-state index contributed by atoms with van der Waals surface area (Å²) in [5.41, 5.74) is 2.38. The zero-order chi connectivity index (χ0) is 15.9. The molecule has 130 valence electrons. The number of halogens is 1. The van der Waals surface area contributed by atoms with Gasteiger partial charge in [-0.1, -0.05) is 12.1 Å². The zero-order valence-electron chi connectivity index (χ0n) is 14.4. The van der Waals surface area contributed by atoms with E-state index < -0.39 is 0 Å². The van der Waals surface area contributed by atoms with Crippen LogP contribution >= 0.6 is 12.4 Å². The van der Waals surface area contributed by atoms with E-state index in [1.54, 1.807) is 0 Å². The van der Waals surface area contributed by atoms with E-state index in [9.17, 15) is 4.79 Å². The molecule has 1 N–H and O–H groups in total. The Balaban J connectivity index is 0.00000264. The molecule has 1 unspecified atom stereocenters. The Morgan fingerprint density at radius 2 is 2.13 bits per heavy atom. The molecule has 1 aromatic carbocycles. The maximum Gasteiger partial charge on any atom is 0.222 e. The summed E-state index contributed by atoms with van der Waals surface area (Å²) in [7, 11) is 0. The van der Waals surface area contributed by atoms with Crippen LogP contribution in [0.3, 0.4) is 0 Å². The largest absolute Gasteiger partial charge is 0.493 e. The van der Waals surface area contributed by atoms with Crippen LogP contribution in [0.4, 0.5) is 0 Å². The van der Waals surface area contributed by atoms with Crippen LogP contribution in [0.15, 0.2) is 18.2 Å². The molecule has 1 atom stereocenters. The van der Waals surface area contributed by atoms with Crippen molar-refractivity contribution in [2.24, 2.45) is 0 Å². The summed E-state index contributed by atoms with van der Waals surface area (Å²) in [4.78, 5) is 14.1. The number of amides is 1. The molecule has 0 aromatic heterocycles. The lowest BCUT2D eigenvalue weighted by Crippen LogP contribution is -2.51. The monoisotopic (exact) mass is 340 g/mol. The summed E-state index contributed by atoms with van der Waals surface area (Å²) in [6.45, 7) is 9.50. The van der Waals surface area contributed by atoms with E-state index in [0.717, 1.165) is 43.8 Å². The molecule has 1 fully saturated rings. The molecule has 0 spiro atoms. The summed E-state index contributed by atoms with van der Waals surface area (Å²) >= 11 is 0. The number of carbonyl (C=O) groups is 1. The number of aryl methyl sites for hydroxylation is 2. The zero-order valence-corrected chi connectivity index (χ0v) is 15.2. The Morgan fingerprint density at radius 1 is 1.35 bits per heavy atom. The predicted molar refractivity (Wildman–Crippen MR) is 96.6 cm³/mol. The summed E-state index contributed by atoms with van der Waals surface area (Å²) in [6.07, 6.45) is 2.44. The minimum absolute atomic E-state index is 0. The summed E-state index contributed by atoms with van der Waals surface area (Å²) in [5.74, 6) is 1.24. The van der Waals surface area contributed by atoms with Crippen molar-refractivity contribution < 1.29 is 9.53 Å². The van der Waals surface area contributed by atoms with Crippen molar-refractivity contribution >= 4 is 18.3 Å². The first-order valence-corrected chi connectivity index (χ1v) is 8.27. The van der Waals surface area contributed by atoms with Crippen LogP contribution in [-0.4, -0.2) is 43.1 Å². The lowest BCUT2D eigenvalue weighted by molar-refractivity contribution is -0.132. The fourth-order valence-corrected chi connectivity index (χ4v) is 2.74. The van der Waals surface area contributed by atoms with Crippen LogP contribution in [0.5, 0.6) is 5.75 Å². The van der Waals surface area contributed by atoms with Gasteiger partial charge in [-0.2, -0.15) is 0 Å². The number of carbonyl (C=O) groups excluding carboxylic acids is 1. The number of nitrogens with one attached hydrogen (secondary N) is 1.